The lowest BCUT2D eigenvalue weighted by molar-refractivity contribution is 0.0140. The van der Waals surface area contributed by atoms with Crippen molar-refractivity contribution in [3.8, 4) is 0 Å². The summed E-state index contributed by atoms with van der Waals surface area (Å²) in [7, 11) is 0. The molecule has 26 heavy (non-hydrogen) atoms. The summed E-state index contributed by atoms with van der Waals surface area (Å²) in [4.78, 5) is 43.0. The number of hydrogen-bond acceptors (Lipinski definition) is 4. The zero-order valence-corrected chi connectivity index (χ0v) is 15.2. The number of amides is 2. The van der Waals surface area contributed by atoms with E-state index < -0.39 is 11.2 Å². The van der Waals surface area contributed by atoms with E-state index in [1.807, 2.05) is 39.0 Å². The van der Waals surface area contributed by atoms with E-state index >= 15 is 0 Å². The van der Waals surface area contributed by atoms with Crippen molar-refractivity contribution in [2.24, 2.45) is 0 Å². The van der Waals surface area contributed by atoms with Gasteiger partial charge in [-0.15, -0.1) is 0 Å². The Labute approximate surface area is 151 Å². The van der Waals surface area contributed by atoms with Crippen LogP contribution in [0.5, 0.6) is 0 Å². The molecular weight excluding hydrogens is 334 g/mol. The molecule has 1 saturated heterocycles. The molecule has 2 heterocycles. The number of aromatic amines is 1. The van der Waals surface area contributed by atoms with Gasteiger partial charge in [-0.2, -0.15) is 0 Å². The zero-order valence-electron chi connectivity index (χ0n) is 15.2. The smallest absolute Gasteiger partial charge is 0.410 e. The van der Waals surface area contributed by atoms with Crippen molar-refractivity contribution >= 4 is 22.9 Å². The Hall–Kier alpha value is -2.83. The molecule has 138 valence electrons. The molecule has 1 aromatic carbocycles. The number of piperazine rings is 1. The second-order valence-electron chi connectivity index (χ2n) is 7.36. The Morgan fingerprint density at radius 2 is 1.65 bits per heavy atom. The van der Waals surface area contributed by atoms with Gasteiger partial charge in [-0.25, -0.2) is 4.79 Å². The van der Waals surface area contributed by atoms with Gasteiger partial charge in [0.1, 0.15) is 11.2 Å². The fraction of sp³-hybridized carbons (Fsp3) is 0.421. The summed E-state index contributed by atoms with van der Waals surface area (Å²) in [6.07, 6.45) is -0.381. The number of aromatic nitrogens is 1. The van der Waals surface area contributed by atoms with E-state index in [-0.39, 0.29) is 17.6 Å². The van der Waals surface area contributed by atoms with E-state index in [0.29, 0.717) is 31.7 Å². The highest BCUT2D eigenvalue weighted by molar-refractivity contribution is 5.97. The molecular formula is C19H23N3O4. The second-order valence-corrected chi connectivity index (χ2v) is 7.36. The highest BCUT2D eigenvalue weighted by Crippen LogP contribution is 2.14. The summed E-state index contributed by atoms with van der Waals surface area (Å²) in [6.45, 7) is 6.94. The van der Waals surface area contributed by atoms with Crippen LogP contribution in [0.1, 0.15) is 31.1 Å². The molecule has 1 aliphatic heterocycles. The monoisotopic (exact) mass is 357 g/mol. The fourth-order valence-electron chi connectivity index (χ4n) is 2.90. The van der Waals surface area contributed by atoms with Gasteiger partial charge in [0.15, 0.2) is 0 Å². The Balaban J connectivity index is 1.70. The van der Waals surface area contributed by atoms with Gasteiger partial charge >= 0.3 is 6.09 Å². The molecule has 1 fully saturated rings. The van der Waals surface area contributed by atoms with Gasteiger partial charge in [0.25, 0.3) is 11.5 Å². The second kappa shape index (κ2) is 6.82. The van der Waals surface area contributed by atoms with Crippen molar-refractivity contribution in [2.75, 3.05) is 26.2 Å². The number of rotatable bonds is 1. The third-order valence-electron chi connectivity index (χ3n) is 4.20. The summed E-state index contributed by atoms with van der Waals surface area (Å²) < 4.78 is 5.35. The molecule has 2 aromatic rings. The van der Waals surface area contributed by atoms with Crippen molar-refractivity contribution in [2.45, 2.75) is 26.4 Å². The molecule has 0 atom stereocenters. The molecule has 7 heteroatoms. The van der Waals surface area contributed by atoms with Crippen molar-refractivity contribution < 1.29 is 14.3 Å². The first-order chi connectivity index (χ1) is 12.2. The maximum absolute atomic E-state index is 12.7. The first-order valence-electron chi connectivity index (χ1n) is 8.64. The Kier molecular flexibility index (Phi) is 4.71. The van der Waals surface area contributed by atoms with Crippen LogP contribution in [0.15, 0.2) is 35.1 Å². The topological polar surface area (TPSA) is 82.7 Å². The van der Waals surface area contributed by atoms with Gasteiger partial charge in [-0.05, 0) is 38.3 Å². The molecule has 2 amide bonds. The summed E-state index contributed by atoms with van der Waals surface area (Å²) in [6, 6.07) is 8.95. The van der Waals surface area contributed by atoms with E-state index in [0.717, 1.165) is 5.39 Å². The number of ether oxygens (including phenoxy) is 1. The summed E-state index contributed by atoms with van der Waals surface area (Å²) in [5.74, 6) is -0.319. The molecule has 0 unspecified atom stereocenters. The Morgan fingerprint density at radius 1 is 1.04 bits per heavy atom. The molecule has 0 saturated carbocycles. The van der Waals surface area contributed by atoms with Crippen molar-refractivity contribution in [3.05, 3.63) is 46.2 Å². The molecule has 1 N–H and O–H groups in total. The van der Waals surface area contributed by atoms with Gasteiger partial charge in [0, 0.05) is 31.7 Å². The predicted octanol–water partition coefficient (Wildman–Crippen LogP) is 2.22. The Bertz CT molecular complexity index is 890. The number of carbonyl (C=O) groups is 2. The average Bonchev–Trinajstić information content (AvgIpc) is 2.59. The molecule has 0 bridgehead atoms. The normalized spacial score (nSPS) is 15.2. The minimum atomic E-state index is -0.553. The number of H-pyrrole nitrogens is 1. The van der Waals surface area contributed by atoms with E-state index in [9.17, 15) is 14.4 Å². The highest BCUT2D eigenvalue weighted by Gasteiger charge is 2.29. The number of benzene rings is 1. The lowest BCUT2D eigenvalue weighted by Gasteiger charge is -2.35. The number of carbonyl (C=O) groups excluding carboxylic acids is 2. The largest absolute Gasteiger partial charge is 0.444 e. The first-order valence-corrected chi connectivity index (χ1v) is 8.64. The summed E-state index contributed by atoms with van der Waals surface area (Å²) in [5.41, 5.74) is -0.135. The molecule has 3 rings (SSSR count). The number of hydrogen-bond donors (Lipinski definition) is 1. The van der Waals surface area contributed by atoms with Gasteiger partial charge < -0.3 is 19.5 Å². The lowest BCUT2D eigenvalue weighted by Crippen LogP contribution is -2.52. The minimum Gasteiger partial charge on any atom is -0.444 e. The average molecular weight is 357 g/mol. The van der Waals surface area contributed by atoms with Crippen LogP contribution in [-0.4, -0.2) is 58.6 Å². The van der Waals surface area contributed by atoms with Crippen LogP contribution < -0.4 is 5.56 Å². The number of nitrogens with one attached hydrogen (secondary N) is 1. The van der Waals surface area contributed by atoms with Crippen LogP contribution in [0.3, 0.4) is 0 Å². The van der Waals surface area contributed by atoms with Gasteiger partial charge in [-0.3, -0.25) is 9.59 Å². The van der Waals surface area contributed by atoms with E-state index in [1.165, 1.54) is 0 Å². The zero-order chi connectivity index (χ0) is 18.9. The third kappa shape index (κ3) is 3.87. The van der Waals surface area contributed by atoms with Gasteiger partial charge in [0.05, 0.1) is 0 Å². The van der Waals surface area contributed by atoms with Crippen LogP contribution in [0.4, 0.5) is 4.79 Å². The van der Waals surface area contributed by atoms with Crippen molar-refractivity contribution in [1.82, 2.24) is 14.8 Å². The van der Waals surface area contributed by atoms with E-state index in [1.54, 1.807) is 21.9 Å². The molecule has 0 aliphatic carbocycles. The lowest BCUT2D eigenvalue weighted by atomic mass is 10.1. The number of pyridine rings is 1. The van der Waals surface area contributed by atoms with Crippen LogP contribution in [0.2, 0.25) is 0 Å². The molecule has 0 spiro atoms. The summed E-state index contributed by atoms with van der Waals surface area (Å²) in [5, 5.41) is 0.808. The van der Waals surface area contributed by atoms with E-state index in [4.69, 9.17) is 4.74 Å². The summed E-state index contributed by atoms with van der Waals surface area (Å²) >= 11 is 0. The fourth-order valence-corrected chi connectivity index (χ4v) is 2.90. The highest BCUT2D eigenvalue weighted by atomic mass is 16.6. The third-order valence-corrected chi connectivity index (χ3v) is 4.20. The number of nitrogens with zero attached hydrogens (tertiary/aromatic N) is 2. The molecule has 7 nitrogen and oxygen atoms in total. The van der Waals surface area contributed by atoms with E-state index in [2.05, 4.69) is 4.98 Å². The molecule has 1 aliphatic rings. The van der Waals surface area contributed by atoms with Crippen molar-refractivity contribution in [3.63, 3.8) is 0 Å². The molecule has 0 radical (unpaired) electrons. The maximum Gasteiger partial charge on any atom is 0.410 e. The SMILES string of the molecule is CC(C)(C)OC(=O)N1CCN(C(=O)c2cc3ccccc3[nH]c2=O)CC1. The van der Waals surface area contributed by atoms with Crippen LogP contribution >= 0.6 is 0 Å². The quantitative estimate of drug-likeness (QED) is 0.848. The maximum atomic E-state index is 12.7. The van der Waals surface area contributed by atoms with Gasteiger partial charge in [-0.1, -0.05) is 18.2 Å². The van der Waals surface area contributed by atoms with Crippen LogP contribution in [0, 0.1) is 0 Å². The predicted molar refractivity (Wildman–Crippen MR) is 98.3 cm³/mol. The van der Waals surface area contributed by atoms with Crippen molar-refractivity contribution in [1.29, 1.82) is 0 Å². The standard InChI is InChI=1S/C19H23N3O4/c1-19(2,3)26-18(25)22-10-8-21(9-11-22)17(24)14-12-13-6-4-5-7-15(13)20-16(14)23/h4-7,12H,8-11H2,1-3H3,(H,20,23). The minimum absolute atomic E-state index is 0.120. The molecule has 1 aromatic heterocycles. The van der Waals surface area contributed by atoms with Crippen LogP contribution in [0.25, 0.3) is 10.9 Å². The number of para-hydroxylation sites is 1. The number of fused-ring (bicyclic) bond motifs is 1. The first kappa shape index (κ1) is 18.0. The van der Waals surface area contributed by atoms with Crippen LogP contribution in [-0.2, 0) is 4.74 Å². The van der Waals surface area contributed by atoms with Gasteiger partial charge in [0.2, 0.25) is 0 Å². The Morgan fingerprint density at radius 3 is 2.31 bits per heavy atom.